The topological polar surface area (TPSA) is 133 Å². The molecular formula is C26H32N4O6. The minimum absolute atomic E-state index is 0.0705. The molecule has 0 radical (unpaired) electrons. The molecule has 0 saturated carbocycles. The van der Waals surface area contributed by atoms with E-state index in [4.69, 9.17) is 24.6 Å². The molecule has 0 aliphatic carbocycles. The van der Waals surface area contributed by atoms with E-state index < -0.39 is 11.5 Å². The van der Waals surface area contributed by atoms with Gasteiger partial charge in [0, 0.05) is 19.5 Å². The van der Waals surface area contributed by atoms with Gasteiger partial charge in [-0.05, 0) is 63.2 Å². The number of nitrogens with one attached hydrogen (secondary N) is 2. The van der Waals surface area contributed by atoms with Crippen molar-refractivity contribution < 1.29 is 28.9 Å². The summed E-state index contributed by atoms with van der Waals surface area (Å²) in [5.74, 6) is 0.727. The van der Waals surface area contributed by atoms with Crippen LogP contribution in [-0.2, 0) is 9.53 Å². The summed E-state index contributed by atoms with van der Waals surface area (Å²) in [7, 11) is 0. The molecule has 1 atom stereocenters. The van der Waals surface area contributed by atoms with Crippen LogP contribution in [0.25, 0.3) is 0 Å². The number of carbonyl (C=O) groups excluding carboxylic acids is 2. The van der Waals surface area contributed by atoms with E-state index in [1.54, 1.807) is 47.4 Å². The molecule has 2 amide bonds. The van der Waals surface area contributed by atoms with Gasteiger partial charge in [-0.25, -0.2) is 4.79 Å². The lowest BCUT2D eigenvalue weighted by Gasteiger charge is -2.24. The number of carbonyl (C=O) groups is 2. The second-order valence-corrected chi connectivity index (χ2v) is 9.29. The molecule has 1 aliphatic rings. The summed E-state index contributed by atoms with van der Waals surface area (Å²) in [5, 5.41) is 23.9. The number of aliphatic hydroxyl groups is 1. The second-order valence-electron chi connectivity index (χ2n) is 9.29. The molecule has 2 aromatic carbocycles. The number of amides is 2. The Bertz CT molecular complexity index is 1090. The molecule has 3 rings (SSSR count). The van der Waals surface area contributed by atoms with Crippen molar-refractivity contribution in [3.8, 4) is 17.6 Å². The van der Waals surface area contributed by atoms with Gasteiger partial charge >= 0.3 is 6.09 Å². The minimum Gasteiger partial charge on any atom is -0.489 e. The first-order valence-electron chi connectivity index (χ1n) is 11.7. The molecule has 10 nitrogen and oxygen atoms in total. The Morgan fingerprint density at radius 1 is 1.14 bits per heavy atom. The number of nitrogens with zero attached hydrogens (tertiary/aromatic N) is 2. The molecule has 10 heteroatoms. The number of aliphatic hydroxyl groups excluding tert-OH is 1. The van der Waals surface area contributed by atoms with Crippen molar-refractivity contribution in [3.63, 3.8) is 0 Å². The lowest BCUT2D eigenvalue weighted by molar-refractivity contribution is -0.118. The molecule has 1 aliphatic heterocycles. The molecule has 36 heavy (non-hydrogen) atoms. The average molecular weight is 497 g/mol. The van der Waals surface area contributed by atoms with Crippen molar-refractivity contribution in [3.05, 3.63) is 48.0 Å². The Balaban J connectivity index is 1.48. The zero-order valence-corrected chi connectivity index (χ0v) is 20.7. The average Bonchev–Trinajstić information content (AvgIpc) is 3.30. The largest absolute Gasteiger partial charge is 0.489 e. The van der Waals surface area contributed by atoms with Gasteiger partial charge in [-0.15, -0.1) is 0 Å². The van der Waals surface area contributed by atoms with Crippen molar-refractivity contribution in [1.29, 1.82) is 5.26 Å². The normalized spacial score (nSPS) is 15.1. The fourth-order valence-corrected chi connectivity index (χ4v) is 3.52. The van der Waals surface area contributed by atoms with Crippen LogP contribution in [0.5, 0.6) is 11.5 Å². The van der Waals surface area contributed by atoms with E-state index in [1.165, 1.54) is 0 Å². The zero-order chi connectivity index (χ0) is 26.1. The van der Waals surface area contributed by atoms with Gasteiger partial charge in [-0.3, -0.25) is 4.79 Å². The third-order valence-electron chi connectivity index (χ3n) is 5.14. The van der Waals surface area contributed by atoms with Crippen molar-refractivity contribution in [2.75, 3.05) is 43.5 Å². The van der Waals surface area contributed by atoms with Crippen LogP contribution in [0.15, 0.2) is 42.5 Å². The third-order valence-corrected chi connectivity index (χ3v) is 5.14. The van der Waals surface area contributed by atoms with Gasteiger partial charge in [0.25, 0.3) is 5.91 Å². The Morgan fingerprint density at radius 2 is 1.86 bits per heavy atom. The van der Waals surface area contributed by atoms with Crippen LogP contribution in [0, 0.1) is 11.3 Å². The highest BCUT2D eigenvalue weighted by Gasteiger charge is 2.30. The van der Waals surface area contributed by atoms with E-state index in [0.29, 0.717) is 54.5 Å². The maximum Gasteiger partial charge on any atom is 0.410 e. The Hall–Kier alpha value is -3.97. The van der Waals surface area contributed by atoms with E-state index in [1.807, 2.05) is 26.8 Å². The highest BCUT2D eigenvalue weighted by atomic mass is 16.6. The predicted octanol–water partition coefficient (Wildman–Crippen LogP) is 3.37. The van der Waals surface area contributed by atoms with Crippen LogP contribution in [0.1, 0.15) is 32.8 Å². The van der Waals surface area contributed by atoms with E-state index >= 15 is 0 Å². The van der Waals surface area contributed by atoms with E-state index in [9.17, 15) is 9.59 Å². The van der Waals surface area contributed by atoms with Crippen molar-refractivity contribution in [2.45, 2.75) is 38.9 Å². The van der Waals surface area contributed by atoms with Gasteiger partial charge in [0.05, 0.1) is 36.2 Å². The summed E-state index contributed by atoms with van der Waals surface area (Å²) < 4.78 is 17.0. The number of likely N-dealkylation sites (tertiary alicyclic amines) is 1. The molecule has 0 spiro atoms. The maximum absolute atomic E-state index is 12.4. The second kappa shape index (κ2) is 12.1. The summed E-state index contributed by atoms with van der Waals surface area (Å²) in [5.41, 5.74) is 0.877. The molecule has 1 saturated heterocycles. The highest BCUT2D eigenvalue weighted by Crippen LogP contribution is 2.24. The SMILES string of the molecule is CC(C)(C)OC(=O)N1CCC(Oc2ccc(OCC(=O)Nc3cc(C#N)ccc3NCCO)cc2)C1. The third kappa shape index (κ3) is 8.06. The molecule has 0 bridgehead atoms. The Labute approximate surface area is 210 Å². The van der Waals surface area contributed by atoms with Gasteiger partial charge < -0.3 is 34.9 Å². The van der Waals surface area contributed by atoms with Crippen LogP contribution in [-0.4, -0.2) is 66.6 Å². The van der Waals surface area contributed by atoms with E-state index in [0.717, 1.165) is 0 Å². The van der Waals surface area contributed by atoms with Crippen molar-refractivity contribution >= 4 is 23.4 Å². The number of hydrogen-bond donors (Lipinski definition) is 3. The smallest absolute Gasteiger partial charge is 0.410 e. The first kappa shape index (κ1) is 26.6. The van der Waals surface area contributed by atoms with Gasteiger partial charge in [0.1, 0.15) is 23.2 Å². The lowest BCUT2D eigenvalue weighted by atomic mass is 10.2. The monoisotopic (exact) mass is 496 g/mol. The fourth-order valence-electron chi connectivity index (χ4n) is 3.52. The van der Waals surface area contributed by atoms with Crippen LogP contribution >= 0.6 is 0 Å². The Kier molecular flexibility index (Phi) is 8.97. The van der Waals surface area contributed by atoms with Gasteiger partial charge in [-0.2, -0.15) is 5.26 Å². The molecule has 0 aromatic heterocycles. The number of anilines is 2. The molecule has 1 heterocycles. The standard InChI is InChI=1S/C26H32N4O6/c1-26(2,3)36-25(33)30-12-10-21(16-30)35-20-7-5-19(6-8-20)34-17-24(32)29-23-14-18(15-27)4-9-22(23)28-11-13-31/h4-9,14,21,28,31H,10-13,16-17H2,1-3H3,(H,29,32). The van der Waals surface area contributed by atoms with Crippen LogP contribution in [0.3, 0.4) is 0 Å². The summed E-state index contributed by atoms with van der Waals surface area (Å²) in [4.78, 5) is 26.3. The van der Waals surface area contributed by atoms with E-state index in [2.05, 4.69) is 10.6 Å². The summed E-state index contributed by atoms with van der Waals surface area (Å²) >= 11 is 0. The minimum atomic E-state index is -0.539. The number of benzene rings is 2. The van der Waals surface area contributed by atoms with Crippen LogP contribution < -0.4 is 20.1 Å². The Morgan fingerprint density at radius 3 is 2.53 bits per heavy atom. The lowest BCUT2D eigenvalue weighted by Crippen LogP contribution is -2.36. The van der Waals surface area contributed by atoms with Crippen molar-refractivity contribution in [2.24, 2.45) is 0 Å². The van der Waals surface area contributed by atoms with E-state index in [-0.39, 0.29) is 25.4 Å². The van der Waals surface area contributed by atoms with Gasteiger partial charge in [-0.1, -0.05) is 0 Å². The fraction of sp³-hybridized carbons (Fsp3) is 0.423. The summed E-state index contributed by atoms with van der Waals surface area (Å²) in [6, 6.07) is 13.8. The quantitative estimate of drug-likeness (QED) is 0.481. The predicted molar refractivity (Wildman–Crippen MR) is 134 cm³/mol. The number of nitriles is 1. The number of hydrogen-bond acceptors (Lipinski definition) is 8. The summed E-state index contributed by atoms with van der Waals surface area (Å²) in [6.45, 7) is 6.54. The summed E-state index contributed by atoms with van der Waals surface area (Å²) in [6.07, 6.45) is 0.235. The maximum atomic E-state index is 12.4. The highest BCUT2D eigenvalue weighted by molar-refractivity contribution is 5.95. The van der Waals surface area contributed by atoms with Gasteiger partial charge in [0.2, 0.25) is 0 Å². The van der Waals surface area contributed by atoms with Crippen LogP contribution in [0.2, 0.25) is 0 Å². The first-order chi connectivity index (χ1) is 17.2. The zero-order valence-electron chi connectivity index (χ0n) is 20.7. The molecular weight excluding hydrogens is 464 g/mol. The molecule has 192 valence electrons. The van der Waals surface area contributed by atoms with Crippen LogP contribution in [0.4, 0.5) is 16.2 Å². The molecule has 3 N–H and O–H groups in total. The van der Waals surface area contributed by atoms with Crippen molar-refractivity contribution in [1.82, 2.24) is 4.90 Å². The molecule has 1 fully saturated rings. The number of ether oxygens (including phenoxy) is 3. The molecule has 1 unspecified atom stereocenters. The first-order valence-corrected chi connectivity index (χ1v) is 11.7. The molecule has 2 aromatic rings. The number of rotatable bonds is 9. The van der Waals surface area contributed by atoms with Gasteiger partial charge in [0.15, 0.2) is 6.61 Å².